The predicted octanol–water partition coefficient (Wildman–Crippen LogP) is 3.36. The Kier molecular flexibility index (Phi) is 6.20. The Morgan fingerprint density at radius 2 is 1.82 bits per heavy atom. The molecule has 0 spiro atoms. The molecule has 1 aromatic heterocycles. The highest BCUT2D eigenvalue weighted by Crippen LogP contribution is 2.24. The number of carbonyl (C=O) groups is 1. The second kappa shape index (κ2) is 8.45. The minimum Gasteiger partial charge on any atom is -0.322 e. The van der Waals surface area contributed by atoms with Crippen molar-refractivity contribution in [1.29, 1.82) is 0 Å². The summed E-state index contributed by atoms with van der Waals surface area (Å²) in [5.74, 6) is -0.142. The van der Waals surface area contributed by atoms with Gasteiger partial charge in [0.2, 0.25) is 5.03 Å². The van der Waals surface area contributed by atoms with Crippen molar-refractivity contribution < 1.29 is 13.2 Å². The van der Waals surface area contributed by atoms with E-state index >= 15 is 0 Å². The van der Waals surface area contributed by atoms with Gasteiger partial charge in [-0.1, -0.05) is 38.8 Å². The number of anilines is 1. The largest absolute Gasteiger partial charge is 0.322 e. The van der Waals surface area contributed by atoms with Gasteiger partial charge in [-0.05, 0) is 36.5 Å². The molecule has 7 nitrogen and oxygen atoms in total. The fourth-order valence-corrected chi connectivity index (χ4v) is 5.03. The number of carbonyl (C=O) groups excluding carboxylic acids is 1. The van der Waals surface area contributed by atoms with E-state index in [0.717, 1.165) is 31.2 Å². The van der Waals surface area contributed by atoms with E-state index in [-0.39, 0.29) is 10.6 Å². The standard InChI is InChI=1S/C20H28N4O3S/c1-15(2)16-9-8-10-17(13-16)21-19(25)18-14-23(3)22-20(18)28(26,27)24-11-6-4-5-7-12-24/h8-10,13-15H,4-7,11-12H2,1-3H3,(H,21,25). The third-order valence-electron chi connectivity index (χ3n) is 5.00. The van der Waals surface area contributed by atoms with Gasteiger partial charge in [-0.15, -0.1) is 0 Å². The molecule has 0 atom stereocenters. The molecule has 2 aromatic rings. The van der Waals surface area contributed by atoms with Crippen molar-refractivity contribution in [3.8, 4) is 0 Å². The first-order valence-corrected chi connectivity index (χ1v) is 11.2. The maximum absolute atomic E-state index is 13.1. The van der Waals surface area contributed by atoms with E-state index in [0.29, 0.717) is 24.7 Å². The second-order valence-corrected chi connectivity index (χ2v) is 9.43. The Bertz CT molecular complexity index is 942. The van der Waals surface area contributed by atoms with Crippen molar-refractivity contribution in [1.82, 2.24) is 14.1 Å². The number of aromatic nitrogens is 2. The third kappa shape index (κ3) is 4.44. The molecule has 0 aliphatic carbocycles. The Morgan fingerprint density at radius 1 is 1.14 bits per heavy atom. The van der Waals surface area contributed by atoms with Crippen LogP contribution in [-0.4, -0.2) is 41.5 Å². The molecule has 0 unspecified atom stereocenters. The Morgan fingerprint density at radius 3 is 2.46 bits per heavy atom. The van der Waals surface area contributed by atoms with Gasteiger partial charge in [-0.25, -0.2) is 8.42 Å². The summed E-state index contributed by atoms with van der Waals surface area (Å²) < 4.78 is 29.1. The number of benzene rings is 1. The van der Waals surface area contributed by atoms with Crippen molar-refractivity contribution in [3.63, 3.8) is 0 Å². The summed E-state index contributed by atoms with van der Waals surface area (Å²) in [5, 5.41) is 6.77. The summed E-state index contributed by atoms with van der Waals surface area (Å²) >= 11 is 0. The third-order valence-corrected chi connectivity index (χ3v) is 6.84. The minimum absolute atomic E-state index is 0.0710. The molecule has 1 fully saturated rings. The highest BCUT2D eigenvalue weighted by atomic mass is 32.2. The van der Waals surface area contributed by atoms with Gasteiger partial charge in [-0.2, -0.15) is 9.40 Å². The van der Waals surface area contributed by atoms with Gasteiger partial charge in [0.25, 0.3) is 15.9 Å². The molecule has 1 aliphatic heterocycles. The van der Waals surface area contributed by atoms with E-state index in [1.807, 2.05) is 18.2 Å². The fourth-order valence-electron chi connectivity index (χ4n) is 3.39. The van der Waals surface area contributed by atoms with E-state index in [9.17, 15) is 13.2 Å². The first-order chi connectivity index (χ1) is 13.3. The lowest BCUT2D eigenvalue weighted by molar-refractivity contribution is 0.102. The van der Waals surface area contributed by atoms with E-state index in [2.05, 4.69) is 24.3 Å². The van der Waals surface area contributed by atoms with Crippen molar-refractivity contribution in [3.05, 3.63) is 41.6 Å². The van der Waals surface area contributed by atoms with Gasteiger partial charge in [0.1, 0.15) is 0 Å². The normalized spacial score (nSPS) is 16.1. The summed E-state index contributed by atoms with van der Waals surface area (Å²) in [5.41, 5.74) is 1.81. The quantitative estimate of drug-likeness (QED) is 0.828. The molecule has 28 heavy (non-hydrogen) atoms. The number of rotatable bonds is 5. The van der Waals surface area contributed by atoms with Gasteiger partial charge < -0.3 is 5.32 Å². The van der Waals surface area contributed by atoms with Gasteiger partial charge >= 0.3 is 0 Å². The van der Waals surface area contributed by atoms with Gasteiger partial charge in [0.05, 0.1) is 5.56 Å². The lowest BCUT2D eigenvalue weighted by Crippen LogP contribution is -2.33. The first kappa shape index (κ1) is 20.5. The molecular weight excluding hydrogens is 376 g/mol. The molecular formula is C20H28N4O3S. The lowest BCUT2D eigenvalue weighted by atomic mass is 10.0. The van der Waals surface area contributed by atoms with Gasteiger partial charge in [0, 0.05) is 32.0 Å². The molecule has 152 valence electrons. The van der Waals surface area contributed by atoms with Crippen LogP contribution >= 0.6 is 0 Å². The highest BCUT2D eigenvalue weighted by molar-refractivity contribution is 7.89. The molecule has 0 saturated carbocycles. The smallest absolute Gasteiger partial charge is 0.263 e. The SMILES string of the molecule is CC(C)c1cccc(NC(=O)c2cn(C)nc2S(=O)(=O)N2CCCCCC2)c1. The molecule has 1 amide bonds. The molecule has 2 heterocycles. The molecule has 1 N–H and O–H groups in total. The van der Waals surface area contributed by atoms with Crippen LogP contribution in [0, 0.1) is 0 Å². The average Bonchev–Trinajstić information content (AvgIpc) is 2.87. The van der Waals surface area contributed by atoms with Crippen LogP contribution in [0.15, 0.2) is 35.5 Å². The monoisotopic (exact) mass is 404 g/mol. The minimum atomic E-state index is -3.81. The average molecular weight is 405 g/mol. The van der Waals surface area contributed by atoms with Crippen LogP contribution in [0.5, 0.6) is 0 Å². The Hall–Kier alpha value is -2.19. The molecule has 1 aromatic carbocycles. The molecule has 1 aliphatic rings. The van der Waals surface area contributed by atoms with Crippen LogP contribution in [0.4, 0.5) is 5.69 Å². The predicted molar refractivity (Wildman–Crippen MR) is 109 cm³/mol. The molecule has 0 bridgehead atoms. The molecule has 3 rings (SSSR count). The van der Waals surface area contributed by atoms with Crippen LogP contribution in [0.1, 0.15) is 61.4 Å². The molecule has 1 saturated heterocycles. The van der Waals surface area contributed by atoms with Crippen LogP contribution in [0.2, 0.25) is 0 Å². The first-order valence-electron chi connectivity index (χ1n) is 9.74. The lowest BCUT2D eigenvalue weighted by Gasteiger charge is -2.19. The summed E-state index contributed by atoms with van der Waals surface area (Å²) in [6, 6.07) is 7.58. The number of nitrogens with zero attached hydrogens (tertiary/aromatic N) is 3. The van der Waals surface area contributed by atoms with Crippen molar-refractivity contribution in [2.45, 2.75) is 50.5 Å². The van der Waals surface area contributed by atoms with Crippen molar-refractivity contribution >= 4 is 21.6 Å². The number of hydrogen-bond donors (Lipinski definition) is 1. The Balaban J connectivity index is 1.89. The number of sulfonamides is 1. The highest BCUT2D eigenvalue weighted by Gasteiger charge is 2.32. The van der Waals surface area contributed by atoms with Crippen LogP contribution in [0.3, 0.4) is 0 Å². The zero-order chi connectivity index (χ0) is 20.3. The second-order valence-electron chi connectivity index (χ2n) is 7.57. The topological polar surface area (TPSA) is 84.3 Å². The summed E-state index contributed by atoms with van der Waals surface area (Å²) in [4.78, 5) is 12.9. The summed E-state index contributed by atoms with van der Waals surface area (Å²) in [6.07, 6.45) is 5.17. The zero-order valence-corrected chi connectivity index (χ0v) is 17.5. The maximum atomic E-state index is 13.1. The maximum Gasteiger partial charge on any atom is 0.263 e. The zero-order valence-electron chi connectivity index (χ0n) is 16.7. The van der Waals surface area contributed by atoms with E-state index in [1.54, 1.807) is 13.1 Å². The summed E-state index contributed by atoms with van der Waals surface area (Å²) in [6.45, 7) is 5.09. The van der Waals surface area contributed by atoms with Crippen LogP contribution in [0.25, 0.3) is 0 Å². The molecule has 8 heteroatoms. The number of hydrogen-bond acceptors (Lipinski definition) is 4. The summed E-state index contributed by atoms with van der Waals surface area (Å²) in [7, 11) is -2.19. The van der Waals surface area contributed by atoms with Gasteiger partial charge in [0.15, 0.2) is 0 Å². The van der Waals surface area contributed by atoms with Crippen molar-refractivity contribution in [2.75, 3.05) is 18.4 Å². The van der Waals surface area contributed by atoms with Crippen LogP contribution < -0.4 is 5.32 Å². The van der Waals surface area contributed by atoms with E-state index < -0.39 is 15.9 Å². The van der Waals surface area contributed by atoms with Crippen molar-refractivity contribution in [2.24, 2.45) is 7.05 Å². The number of amides is 1. The Labute approximate surface area is 166 Å². The number of aryl methyl sites for hydroxylation is 1. The van der Waals surface area contributed by atoms with E-state index in [4.69, 9.17) is 0 Å². The number of nitrogens with one attached hydrogen (secondary N) is 1. The van der Waals surface area contributed by atoms with Crippen LogP contribution in [-0.2, 0) is 17.1 Å². The van der Waals surface area contributed by atoms with E-state index in [1.165, 1.54) is 15.2 Å². The fraction of sp³-hybridized carbons (Fsp3) is 0.500. The van der Waals surface area contributed by atoms with Gasteiger partial charge in [-0.3, -0.25) is 9.48 Å². The molecule has 0 radical (unpaired) electrons.